The topological polar surface area (TPSA) is 147 Å². The van der Waals surface area contributed by atoms with Crippen molar-refractivity contribution in [1.82, 2.24) is 0 Å². The van der Waals surface area contributed by atoms with Crippen LogP contribution >= 0.6 is 38.6 Å². The Bertz CT molecular complexity index is 2220. The molecule has 0 fully saturated rings. The second-order valence-corrected chi connectivity index (χ2v) is 13.1. The number of rotatable bonds is 9. The maximum Gasteiger partial charge on any atom is 0.351 e. The van der Waals surface area contributed by atoms with Gasteiger partial charge < -0.3 is 38.0 Å². The summed E-state index contributed by atoms with van der Waals surface area (Å²) in [7, 11) is 9.48. The Labute approximate surface area is 309 Å². The largest absolute Gasteiger partial charge is 0.496 e. The first-order chi connectivity index (χ1) is 24.6. The van der Waals surface area contributed by atoms with E-state index in [1.807, 2.05) is 60.5 Å². The van der Waals surface area contributed by atoms with Gasteiger partial charge in [-0.05, 0) is 24.3 Å². The van der Waals surface area contributed by atoms with Crippen molar-refractivity contribution in [3.63, 3.8) is 0 Å². The van der Waals surface area contributed by atoms with Crippen LogP contribution in [0.3, 0.4) is 0 Å². The van der Waals surface area contributed by atoms with Gasteiger partial charge in [0.25, 0.3) is 0 Å². The number of fused-ring (bicyclic) bond motifs is 2. The molecule has 0 amide bonds. The van der Waals surface area contributed by atoms with Crippen LogP contribution in [0.15, 0.2) is 91.2 Å². The minimum Gasteiger partial charge on any atom is -0.496 e. The summed E-state index contributed by atoms with van der Waals surface area (Å²) in [5.74, 6) is 0.373. The number of benzene rings is 2. The van der Waals surface area contributed by atoms with E-state index < -0.39 is 23.2 Å². The number of esters is 2. The highest BCUT2D eigenvalue weighted by atomic mass is 79.9. The van der Waals surface area contributed by atoms with Gasteiger partial charge in [-0.3, -0.25) is 0 Å². The molecule has 0 saturated heterocycles. The fourth-order valence-corrected chi connectivity index (χ4v) is 6.95. The molecule has 268 valence electrons. The molecular weight excluding hydrogens is 764 g/mol. The number of thiophene rings is 2. The van der Waals surface area contributed by atoms with E-state index >= 15 is 0 Å². The maximum atomic E-state index is 11.9. The summed E-state index contributed by atoms with van der Waals surface area (Å²) in [4.78, 5) is 48.3. The van der Waals surface area contributed by atoms with Gasteiger partial charge >= 0.3 is 23.2 Å². The summed E-state index contributed by atoms with van der Waals surface area (Å²) >= 11 is 6.20. The monoisotopic (exact) mass is 798 g/mol. The van der Waals surface area contributed by atoms with Gasteiger partial charge in [0.15, 0.2) is 11.2 Å². The molecule has 6 aromatic rings. The molecule has 0 aliphatic carbocycles. The molecule has 0 unspecified atom stereocenters. The zero-order valence-electron chi connectivity index (χ0n) is 28.6. The summed E-state index contributed by atoms with van der Waals surface area (Å²) < 4.78 is 31.3. The fourth-order valence-electron chi connectivity index (χ4n) is 4.61. The first kappa shape index (κ1) is 38.7. The van der Waals surface area contributed by atoms with Crippen molar-refractivity contribution in [2.24, 2.45) is 0 Å². The Morgan fingerprint density at radius 3 is 1.73 bits per heavy atom. The molecule has 4 heterocycles. The Kier molecular flexibility index (Phi) is 13.8. The third kappa shape index (κ3) is 9.57. The molecule has 15 heteroatoms. The smallest absolute Gasteiger partial charge is 0.351 e. The van der Waals surface area contributed by atoms with Crippen LogP contribution in [0.4, 0.5) is 10.0 Å². The number of hydrogen-bond acceptors (Lipinski definition) is 14. The van der Waals surface area contributed by atoms with Gasteiger partial charge in [0.2, 0.25) is 0 Å². The predicted molar refractivity (Wildman–Crippen MR) is 204 cm³/mol. The molecule has 51 heavy (non-hydrogen) atoms. The van der Waals surface area contributed by atoms with Gasteiger partial charge in [0.05, 0.1) is 47.8 Å². The van der Waals surface area contributed by atoms with Crippen LogP contribution in [0.25, 0.3) is 20.6 Å². The molecule has 0 saturated carbocycles. The van der Waals surface area contributed by atoms with Crippen LogP contribution in [0.5, 0.6) is 11.5 Å². The van der Waals surface area contributed by atoms with Crippen molar-refractivity contribution in [2.45, 2.75) is 11.9 Å². The number of alkyl halides is 1. The number of nitrogens with one attached hydrogen (secondary N) is 1. The van der Waals surface area contributed by atoms with E-state index in [4.69, 9.17) is 18.3 Å². The highest BCUT2D eigenvalue weighted by molar-refractivity contribution is 9.08. The highest BCUT2D eigenvalue weighted by Gasteiger charge is 2.18. The number of ether oxygens (including phenoxy) is 4. The normalized spacial score (nSPS) is 10.3. The van der Waals surface area contributed by atoms with Crippen LogP contribution < -0.4 is 30.9 Å². The molecule has 12 nitrogen and oxygen atoms in total. The lowest BCUT2D eigenvalue weighted by molar-refractivity contribution is 0.0587. The Hall–Kier alpha value is -5.12. The van der Waals surface area contributed by atoms with E-state index in [9.17, 15) is 19.2 Å². The van der Waals surface area contributed by atoms with E-state index in [-0.39, 0.29) is 11.1 Å². The summed E-state index contributed by atoms with van der Waals surface area (Å²) in [5.41, 5.74) is 1.58. The van der Waals surface area contributed by atoms with Crippen molar-refractivity contribution >= 4 is 81.1 Å². The van der Waals surface area contributed by atoms with Crippen molar-refractivity contribution in [1.29, 1.82) is 0 Å². The van der Waals surface area contributed by atoms with Crippen molar-refractivity contribution in [2.75, 3.05) is 52.8 Å². The maximum absolute atomic E-state index is 11.9. The van der Waals surface area contributed by atoms with Gasteiger partial charge in [0, 0.05) is 49.2 Å². The summed E-state index contributed by atoms with van der Waals surface area (Å²) in [6, 6.07) is 22.2. The van der Waals surface area contributed by atoms with E-state index in [1.54, 1.807) is 33.4 Å². The number of halogens is 1. The van der Waals surface area contributed by atoms with Gasteiger partial charge in [-0.15, -0.1) is 22.7 Å². The molecule has 0 atom stereocenters. The molecule has 0 bridgehead atoms. The molecule has 0 radical (unpaired) electrons. The van der Waals surface area contributed by atoms with Crippen LogP contribution in [0.1, 0.15) is 31.8 Å². The van der Waals surface area contributed by atoms with E-state index in [0.29, 0.717) is 22.4 Å². The summed E-state index contributed by atoms with van der Waals surface area (Å²) in [5, 5.41) is 5.55. The third-order valence-electron chi connectivity index (χ3n) is 7.20. The van der Waals surface area contributed by atoms with Crippen LogP contribution in [0, 0.1) is 0 Å². The molecule has 0 spiro atoms. The Morgan fingerprint density at radius 1 is 0.745 bits per heavy atom. The second kappa shape index (κ2) is 18.2. The lowest BCUT2D eigenvalue weighted by Crippen LogP contribution is -2.15. The quantitative estimate of drug-likeness (QED) is 0.114. The number of para-hydroxylation sites is 2. The van der Waals surface area contributed by atoms with Crippen molar-refractivity contribution in [3.05, 3.63) is 116 Å². The molecule has 1 N–H and O–H groups in total. The zero-order valence-corrected chi connectivity index (χ0v) is 31.8. The minimum atomic E-state index is -0.701. The Morgan fingerprint density at radius 2 is 1.24 bits per heavy atom. The number of carbonyl (C=O) groups is 2. The first-order valence-corrected chi connectivity index (χ1v) is 17.8. The Balaban J connectivity index is 0.000000191. The SMILES string of the molecule is CNc1cc2oc(=O)c(C(=O)OC)cc2s1.COC(=O)c1cc2sc(N(C)Cc3ccccc3OC)cc2oc1=O.COc1ccccc1CBr. The number of anilines is 2. The molecule has 6 rings (SSSR count). The van der Waals surface area contributed by atoms with Gasteiger partial charge in [-0.1, -0.05) is 52.3 Å². The van der Waals surface area contributed by atoms with Crippen LogP contribution in [0.2, 0.25) is 0 Å². The summed E-state index contributed by atoms with van der Waals surface area (Å²) in [6.45, 7) is 0.630. The molecule has 0 aliphatic heterocycles. The number of carbonyl (C=O) groups excluding carboxylic acids is 2. The molecule has 0 aliphatic rings. The lowest BCUT2D eigenvalue weighted by Gasteiger charge is -2.18. The fraction of sp³-hybridized carbons (Fsp3) is 0.222. The number of hydrogen-bond donors (Lipinski definition) is 1. The van der Waals surface area contributed by atoms with Crippen molar-refractivity contribution in [3.8, 4) is 11.5 Å². The number of nitrogens with zero attached hydrogens (tertiary/aromatic N) is 1. The average Bonchev–Trinajstić information content (AvgIpc) is 3.77. The molecular formula is C36H35BrN2O10S2. The summed E-state index contributed by atoms with van der Waals surface area (Å²) in [6.07, 6.45) is 0. The van der Waals surface area contributed by atoms with Gasteiger partial charge in [-0.2, -0.15) is 0 Å². The highest BCUT2D eigenvalue weighted by Crippen LogP contribution is 2.33. The van der Waals surface area contributed by atoms with E-state index in [0.717, 1.165) is 37.1 Å². The molecule has 2 aromatic carbocycles. The first-order valence-electron chi connectivity index (χ1n) is 15.1. The second-order valence-electron chi connectivity index (χ2n) is 10.4. The van der Waals surface area contributed by atoms with Crippen molar-refractivity contribution < 1.29 is 37.4 Å². The standard InChI is InChI=1S/C18H17NO5S.C10H9NO4S.C8H9BrO/c1-19(10-11-6-4-5-7-13(11)22-2)16-9-14-15(25-16)8-12(17(20)23-3)18(21)24-14;1-11-8-4-6-7(16-8)3-5(9(12)14-2)10(13)15-6;1-10-8-5-3-2-4-7(8)6-9/h4-9H,10H2,1-3H3;3-4,11H,1-2H3;2-5H,6H2,1H3. The predicted octanol–water partition coefficient (Wildman–Crippen LogP) is 7.56. The number of methoxy groups -OCH3 is 4. The van der Waals surface area contributed by atoms with Gasteiger partial charge in [-0.25, -0.2) is 19.2 Å². The van der Waals surface area contributed by atoms with Crippen LogP contribution in [-0.2, 0) is 21.3 Å². The van der Waals surface area contributed by atoms with E-state index in [2.05, 4.69) is 30.7 Å². The van der Waals surface area contributed by atoms with Gasteiger partial charge in [0.1, 0.15) is 22.6 Å². The van der Waals surface area contributed by atoms with Crippen LogP contribution in [-0.4, -0.2) is 54.5 Å². The van der Waals surface area contributed by atoms with E-state index in [1.165, 1.54) is 54.6 Å². The lowest BCUT2D eigenvalue weighted by atomic mass is 10.2. The zero-order chi connectivity index (χ0) is 37.1. The minimum absolute atomic E-state index is 0.0838. The third-order valence-corrected chi connectivity index (χ3v) is 10.1. The molecule has 4 aromatic heterocycles. The average molecular weight is 800 g/mol.